The fraction of sp³-hybridized carbons (Fsp3) is 0.538. The molecule has 1 fully saturated rings. The first-order valence-electron chi connectivity index (χ1n) is 6.55. The molecule has 0 aliphatic carbocycles. The first-order chi connectivity index (χ1) is 8.74. The highest BCUT2D eigenvalue weighted by molar-refractivity contribution is 5.74. The third-order valence-corrected chi connectivity index (χ3v) is 3.59. The predicted octanol–water partition coefficient (Wildman–Crippen LogP) is 1.42. The van der Waals surface area contributed by atoms with Crippen LogP contribution in [0.2, 0.25) is 0 Å². The number of aromatic nitrogens is 3. The van der Waals surface area contributed by atoms with Gasteiger partial charge in [-0.25, -0.2) is 9.97 Å². The molecule has 0 bridgehead atoms. The number of rotatable bonds is 3. The van der Waals surface area contributed by atoms with Crippen LogP contribution >= 0.6 is 0 Å². The monoisotopic (exact) mass is 245 g/mol. The Morgan fingerprint density at radius 3 is 2.83 bits per heavy atom. The largest absolute Gasteiger partial charge is 0.369 e. The number of fused-ring (bicyclic) bond motifs is 1. The number of pyridine rings is 1. The molecule has 0 amide bonds. The summed E-state index contributed by atoms with van der Waals surface area (Å²) >= 11 is 0. The van der Waals surface area contributed by atoms with E-state index < -0.39 is 0 Å². The van der Waals surface area contributed by atoms with E-state index in [9.17, 15) is 0 Å². The molecular formula is C13H19N5. The van der Waals surface area contributed by atoms with Crippen molar-refractivity contribution in [1.82, 2.24) is 19.4 Å². The summed E-state index contributed by atoms with van der Waals surface area (Å²) in [5, 5.41) is 0. The molecule has 5 heteroatoms. The molecule has 3 heterocycles. The third kappa shape index (κ3) is 2.06. The molecule has 1 saturated heterocycles. The van der Waals surface area contributed by atoms with E-state index in [4.69, 9.17) is 5.73 Å². The van der Waals surface area contributed by atoms with Crippen LogP contribution < -0.4 is 5.73 Å². The average molecular weight is 245 g/mol. The zero-order valence-corrected chi connectivity index (χ0v) is 10.8. The molecule has 1 aliphatic rings. The van der Waals surface area contributed by atoms with Crippen molar-refractivity contribution in [3.8, 4) is 0 Å². The van der Waals surface area contributed by atoms with Gasteiger partial charge in [-0.2, -0.15) is 0 Å². The zero-order chi connectivity index (χ0) is 12.5. The van der Waals surface area contributed by atoms with Crippen molar-refractivity contribution in [2.75, 3.05) is 25.4 Å². The third-order valence-electron chi connectivity index (χ3n) is 3.59. The Balaban J connectivity index is 1.84. The van der Waals surface area contributed by atoms with E-state index in [1.807, 2.05) is 23.8 Å². The van der Waals surface area contributed by atoms with Crippen LogP contribution in [-0.4, -0.2) is 39.1 Å². The fourth-order valence-corrected chi connectivity index (χ4v) is 2.60. The summed E-state index contributed by atoms with van der Waals surface area (Å²) in [7, 11) is 0. The van der Waals surface area contributed by atoms with E-state index in [1.165, 1.54) is 25.9 Å². The maximum Gasteiger partial charge on any atom is 0.202 e. The van der Waals surface area contributed by atoms with Crippen LogP contribution in [0, 0.1) is 6.92 Å². The van der Waals surface area contributed by atoms with E-state index >= 15 is 0 Å². The number of likely N-dealkylation sites (tertiary alicyclic amines) is 1. The summed E-state index contributed by atoms with van der Waals surface area (Å²) < 4.78 is 2.02. The molecule has 3 rings (SSSR count). The van der Waals surface area contributed by atoms with Crippen molar-refractivity contribution in [3.63, 3.8) is 0 Å². The number of imidazole rings is 1. The Morgan fingerprint density at radius 1 is 1.28 bits per heavy atom. The van der Waals surface area contributed by atoms with Gasteiger partial charge < -0.3 is 10.6 Å². The van der Waals surface area contributed by atoms with Crippen LogP contribution in [0.3, 0.4) is 0 Å². The normalized spacial score (nSPS) is 16.7. The van der Waals surface area contributed by atoms with Gasteiger partial charge in [0.25, 0.3) is 0 Å². The lowest BCUT2D eigenvalue weighted by molar-refractivity contribution is 0.325. The van der Waals surface area contributed by atoms with Crippen molar-refractivity contribution in [2.24, 2.45) is 0 Å². The Morgan fingerprint density at radius 2 is 2.06 bits per heavy atom. The second-order valence-corrected chi connectivity index (χ2v) is 5.03. The number of nitrogens with zero attached hydrogens (tertiary/aromatic N) is 4. The highest BCUT2D eigenvalue weighted by atomic mass is 15.2. The fourth-order valence-electron chi connectivity index (χ4n) is 2.60. The Hall–Kier alpha value is -1.62. The average Bonchev–Trinajstić information content (AvgIpc) is 2.93. The molecule has 0 atom stereocenters. The molecule has 0 aromatic carbocycles. The second kappa shape index (κ2) is 4.57. The summed E-state index contributed by atoms with van der Waals surface area (Å²) in [4.78, 5) is 11.3. The minimum atomic E-state index is 0.572. The lowest BCUT2D eigenvalue weighted by atomic mass is 10.3. The first kappa shape index (κ1) is 11.5. The van der Waals surface area contributed by atoms with E-state index in [2.05, 4.69) is 14.9 Å². The smallest absolute Gasteiger partial charge is 0.202 e. The van der Waals surface area contributed by atoms with Crippen LogP contribution in [0.15, 0.2) is 12.3 Å². The van der Waals surface area contributed by atoms with Gasteiger partial charge in [0, 0.05) is 19.3 Å². The van der Waals surface area contributed by atoms with Crippen LogP contribution in [0.1, 0.15) is 18.4 Å². The first-order valence-corrected chi connectivity index (χ1v) is 6.55. The molecule has 0 saturated carbocycles. The lowest BCUT2D eigenvalue weighted by Crippen LogP contribution is -2.24. The van der Waals surface area contributed by atoms with E-state index in [1.54, 1.807) is 0 Å². The summed E-state index contributed by atoms with van der Waals surface area (Å²) in [6, 6.07) is 2.03. The second-order valence-electron chi connectivity index (χ2n) is 5.03. The lowest BCUT2D eigenvalue weighted by Gasteiger charge is -2.15. The zero-order valence-electron chi connectivity index (χ0n) is 10.8. The van der Waals surface area contributed by atoms with Crippen molar-refractivity contribution in [3.05, 3.63) is 17.8 Å². The molecule has 18 heavy (non-hydrogen) atoms. The van der Waals surface area contributed by atoms with Gasteiger partial charge in [-0.3, -0.25) is 4.57 Å². The van der Waals surface area contributed by atoms with Gasteiger partial charge in [0.2, 0.25) is 5.95 Å². The quantitative estimate of drug-likeness (QED) is 0.888. The van der Waals surface area contributed by atoms with Gasteiger partial charge in [-0.05, 0) is 44.5 Å². The van der Waals surface area contributed by atoms with Crippen LogP contribution in [-0.2, 0) is 6.54 Å². The van der Waals surface area contributed by atoms with E-state index in [-0.39, 0.29) is 0 Å². The standard InChI is InChI=1S/C13H19N5/c1-10-8-11-12(15-9-10)18(13(14)16-11)7-6-17-4-2-3-5-17/h8-9H,2-7H2,1H3,(H2,14,16). The van der Waals surface area contributed by atoms with Gasteiger partial charge in [0.15, 0.2) is 5.65 Å². The van der Waals surface area contributed by atoms with E-state index in [0.717, 1.165) is 29.8 Å². The molecule has 2 N–H and O–H groups in total. The molecule has 0 unspecified atom stereocenters. The van der Waals surface area contributed by atoms with Crippen LogP contribution in [0.25, 0.3) is 11.2 Å². The topological polar surface area (TPSA) is 60.0 Å². The molecule has 2 aromatic heterocycles. The maximum atomic E-state index is 5.98. The van der Waals surface area contributed by atoms with E-state index in [0.29, 0.717) is 5.95 Å². The van der Waals surface area contributed by atoms with Crippen molar-refractivity contribution < 1.29 is 0 Å². The molecule has 0 radical (unpaired) electrons. The Bertz CT molecular complexity index is 554. The summed E-state index contributed by atoms with van der Waals surface area (Å²) in [5.41, 5.74) is 8.90. The number of hydrogen-bond donors (Lipinski definition) is 1. The van der Waals surface area contributed by atoms with Crippen molar-refractivity contribution >= 4 is 17.1 Å². The Labute approximate surface area is 107 Å². The van der Waals surface area contributed by atoms with Crippen LogP contribution in [0.5, 0.6) is 0 Å². The summed E-state index contributed by atoms with van der Waals surface area (Å²) in [6.07, 6.45) is 4.50. The number of nitrogens with two attached hydrogens (primary N) is 1. The number of hydrogen-bond acceptors (Lipinski definition) is 4. The summed E-state index contributed by atoms with van der Waals surface area (Å²) in [5.74, 6) is 0.572. The highest BCUT2D eigenvalue weighted by Gasteiger charge is 2.14. The Kier molecular flexibility index (Phi) is 2.91. The SMILES string of the molecule is Cc1cnc2c(c1)nc(N)n2CCN1CCCC1. The molecular weight excluding hydrogens is 226 g/mol. The maximum absolute atomic E-state index is 5.98. The number of aryl methyl sites for hydroxylation is 1. The van der Waals surface area contributed by atoms with Gasteiger partial charge in [-0.1, -0.05) is 0 Å². The molecule has 96 valence electrons. The van der Waals surface area contributed by atoms with Crippen LogP contribution in [0.4, 0.5) is 5.95 Å². The molecule has 5 nitrogen and oxygen atoms in total. The van der Waals surface area contributed by atoms with Gasteiger partial charge in [0.05, 0.1) is 0 Å². The van der Waals surface area contributed by atoms with Crippen molar-refractivity contribution in [2.45, 2.75) is 26.3 Å². The van der Waals surface area contributed by atoms with Gasteiger partial charge in [-0.15, -0.1) is 0 Å². The van der Waals surface area contributed by atoms with Gasteiger partial charge in [0.1, 0.15) is 5.52 Å². The minimum Gasteiger partial charge on any atom is -0.369 e. The number of nitrogen functional groups attached to an aromatic ring is 1. The highest BCUT2D eigenvalue weighted by Crippen LogP contribution is 2.17. The molecule has 2 aromatic rings. The van der Waals surface area contributed by atoms with Crippen molar-refractivity contribution in [1.29, 1.82) is 0 Å². The minimum absolute atomic E-state index is 0.572. The van der Waals surface area contributed by atoms with Gasteiger partial charge >= 0.3 is 0 Å². The predicted molar refractivity (Wildman–Crippen MR) is 72.4 cm³/mol. The number of anilines is 1. The summed E-state index contributed by atoms with van der Waals surface area (Å²) in [6.45, 7) is 6.34. The molecule has 0 spiro atoms. The molecule has 1 aliphatic heterocycles.